The number of carbonyl (C=O) groups excluding carboxylic acids is 1. The van der Waals surface area contributed by atoms with E-state index in [1.807, 2.05) is 32.9 Å². The number of nitrogens with one attached hydrogen (secondary N) is 1. The number of hydrogen-bond donors (Lipinski definition) is 1. The standard InChI is InChI=1S/C18H15Cl2NO2/c1-9-6-13-11(3)17(23-16(13)7-10(9)2)18(22)21-15-8-12(19)4-5-14(15)20/h4-8H,1-3H3,(H,21,22). The predicted molar refractivity (Wildman–Crippen MR) is 94.8 cm³/mol. The second-order valence-electron chi connectivity index (χ2n) is 5.57. The Kier molecular flexibility index (Phi) is 4.09. The third kappa shape index (κ3) is 2.94. The van der Waals surface area contributed by atoms with Gasteiger partial charge in [-0.25, -0.2) is 0 Å². The first-order valence-electron chi connectivity index (χ1n) is 7.13. The van der Waals surface area contributed by atoms with E-state index < -0.39 is 0 Å². The fraction of sp³-hybridized carbons (Fsp3) is 0.167. The Morgan fingerprint density at radius 3 is 2.48 bits per heavy atom. The lowest BCUT2D eigenvalue weighted by Gasteiger charge is -2.06. The molecular formula is C18H15Cl2NO2. The maximum absolute atomic E-state index is 12.5. The molecule has 1 heterocycles. The Bertz CT molecular complexity index is 928. The average molecular weight is 348 g/mol. The van der Waals surface area contributed by atoms with Gasteiger partial charge in [0, 0.05) is 16.0 Å². The monoisotopic (exact) mass is 347 g/mol. The molecule has 0 fully saturated rings. The molecule has 0 atom stereocenters. The fourth-order valence-electron chi connectivity index (χ4n) is 2.47. The zero-order valence-electron chi connectivity index (χ0n) is 13.0. The van der Waals surface area contributed by atoms with Crippen LogP contribution in [0.15, 0.2) is 34.7 Å². The second-order valence-corrected chi connectivity index (χ2v) is 6.41. The summed E-state index contributed by atoms with van der Waals surface area (Å²) in [6.45, 7) is 5.92. The Balaban J connectivity index is 2.01. The van der Waals surface area contributed by atoms with Gasteiger partial charge in [0.05, 0.1) is 10.7 Å². The van der Waals surface area contributed by atoms with Crippen LogP contribution < -0.4 is 5.32 Å². The van der Waals surface area contributed by atoms with E-state index in [0.29, 0.717) is 21.3 Å². The summed E-state index contributed by atoms with van der Waals surface area (Å²) in [6.07, 6.45) is 0. The van der Waals surface area contributed by atoms with Gasteiger partial charge >= 0.3 is 0 Å². The van der Waals surface area contributed by atoms with E-state index in [0.717, 1.165) is 22.1 Å². The largest absolute Gasteiger partial charge is 0.451 e. The van der Waals surface area contributed by atoms with Gasteiger partial charge in [0.2, 0.25) is 0 Å². The van der Waals surface area contributed by atoms with Gasteiger partial charge in [0.25, 0.3) is 5.91 Å². The van der Waals surface area contributed by atoms with E-state index in [1.54, 1.807) is 18.2 Å². The Hall–Kier alpha value is -1.97. The molecule has 0 aliphatic rings. The van der Waals surface area contributed by atoms with Crippen LogP contribution in [0.2, 0.25) is 10.0 Å². The maximum atomic E-state index is 12.5. The van der Waals surface area contributed by atoms with Gasteiger partial charge in [-0.3, -0.25) is 4.79 Å². The van der Waals surface area contributed by atoms with Crippen molar-refractivity contribution in [3.63, 3.8) is 0 Å². The van der Waals surface area contributed by atoms with E-state index >= 15 is 0 Å². The van der Waals surface area contributed by atoms with Crippen molar-refractivity contribution in [3.05, 3.63) is 62.8 Å². The van der Waals surface area contributed by atoms with E-state index in [-0.39, 0.29) is 11.7 Å². The molecule has 3 nitrogen and oxygen atoms in total. The Morgan fingerprint density at radius 1 is 1.04 bits per heavy atom. The highest BCUT2D eigenvalue weighted by Crippen LogP contribution is 2.30. The van der Waals surface area contributed by atoms with Crippen molar-refractivity contribution < 1.29 is 9.21 Å². The zero-order valence-corrected chi connectivity index (χ0v) is 14.5. The van der Waals surface area contributed by atoms with E-state index in [4.69, 9.17) is 27.6 Å². The number of amides is 1. The van der Waals surface area contributed by atoms with E-state index in [2.05, 4.69) is 5.32 Å². The number of carbonyl (C=O) groups is 1. The number of fused-ring (bicyclic) bond motifs is 1. The van der Waals surface area contributed by atoms with Crippen molar-refractivity contribution in [2.24, 2.45) is 0 Å². The lowest BCUT2D eigenvalue weighted by atomic mass is 10.1. The fourth-order valence-corrected chi connectivity index (χ4v) is 2.80. The summed E-state index contributed by atoms with van der Waals surface area (Å²) < 4.78 is 5.75. The summed E-state index contributed by atoms with van der Waals surface area (Å²) in [5.41, 5.74) is 4.24. The van der Waals surface area contributed by atoms with Crippen LogP contribution in [-0.2, 0) is 0 Å². The highest BCUT2D eigenvalue weighted by atomic mass is 35.5. The Morgan fingerprint density at radius 2 is 1.74 bits per heavy atom. The first-order chi connectivity index (χ1) is 10.9. The summed E-state index contributed by atoms with van der Waals surface area (Å²) in [7, 11) is 0. The van der Waals surface area contributed by atoms with Crippen molar-refractivity contribution in [2.45, 2.75) is 20.8 Å². The number of anilines is 1. The summed E-state index contributed by atoms with van der Waals surface area (Å²) in [5, 5.41) is 4.61. The molecule has 0 aliphatic carbocycles. The van der Waals surface area contributed by atoms with Crippen LogP contribution >= 0.6 is 23.2 Å². The summed E-state index contributed by atoms with van der Waals surface area (Å²) in [6, 6.07) is 8.89. The van der Waals surface area contributed by atoms with Crippen LogP contribution in [0, 0.1) is 20.8 Å². The molecule has 1 amide bonds. The number of rotatable bonds is 2. The minimum Gasteiger partial charge on any atom is -0.451 e. The molecule has 3 aromatic rings. The van der Waals surface area contributed by atoms with Crippen molar-refractivity contribution >= 4 is 45.8 Å². The zero-order chi connectivity index (χ0) is 16.7. The minimum absolute atomic E-state index is 0.279. The quantitative estimate of drug-likeness (QED) is 0.625. The van der Waals surface area contributed by atoms with Gasteiger partial charge in [0.15, 0.2) is 5.76 Å². The predicted octanol–water partition coefficient (Wildman–Crippen LogP) is 5.92. The normalized spacial score (nSPS) is 11.0. The summed E-state index contributed by atoms with van der Waals surface area (Å²) in [5.74, 6) is -0.0702. The van der Waals surface area contributed by atoms with Gasteiger partial charge < -0.3 is 9.73 Å². The van der Waals surface area contributed by atoms with E-state index in [1.165, 1.54) is 0 Å². The molecule has 0 unspecified atom stereocenters. The van der Waals surface area contributed by atoms with Crippen molar-refractivity contribution in [1.82, 2.24) is 0 Å². The number of halogens is 2. The topological polar surface area (TPSA) is 42.2 Å². The highest BCUT2D eigenvalue weighted by Gasteiger charge is 2.19. The van der Waals surface area contributed by atoms with Crippen molar-refractivity contribution in [2.75, 3.05) is 5.32 Å². The molecule has 3 rings (SSSR count). The number of hydrogen-bond acceptors (Lipinski definition) is 2. The molecule has 0 bridgehead atoms. The molecule has 0 saturated carbocycles. The van der Waals surface area contributed by atoms with Gasteiger partial charge in [-0.05, 0) is 62.2 Å². The summed E-state index contributed by atoms with van der Waals surface area (Å²) >= 11 is 12.0. The molecule has 23 heavy (non-hydrogen) atoms. The van der Waals surface area contributed by atoms with Gasteiger partial charge in [0.1, 0.15) is 5.58 Å². The Labute approximate surface area is 144 Å². The molecule has 0 saturated heterocycles. The number of aryl methyl sites for hydroxylation is 3. The molecule has 1 aromatic heterocycles. The summed E-state index contributed by atoms with van der Waals surface area (Å²) in [4.78, 5) is 12.5. The molecular weight excluding hydrogens is 333 g/mol. The lowest BCUT2D eigenvalue weighted by Crippen LogP contribution is -2.12. The van der Waals surface area contributed by atoms with Crippen LogP contribution in [0.1, 0.15) is 27.2 Å². The van der Waals surface area contributed by atoms with Crippen LogP contribution in [0.5, 0.6) is 0 Å². The molecule has 1 N–H and O–H groups in total. The van der Waals surface area contributed by atoms with Crippen LogP contribution in [0.3, 0.4) is 0 Å². The first-order valence-corrected chi connectivity index (χ1v) is 7.89. The lowest BCUT2D eigenvalue weighted by molar-refractivity contribution is 0.0998. The second kappa shape index (κ2) is 5.91. The maximum Gasteiger partial charge on any atom is 0.291 e. The highest BCUT2D eigenvalue weighted by molar-refractivity contribution is 6.35. The minimum atomic E-state index is -0.349. The molecule has 0 spiro atoms. The molecule has 2 aromatic carbocycles. The van der Waals surface area contributed by atoms with Crippen molar-refractivity contribution in [1.29, 1.82) is 0 Å². The van der Waals surface area contributed by atoms with Gasteiger partial charge in [-0.15, -0.1) is 0 Å². The third-order valence-electron chi connectivity index (χ3n) is 3.94. The first kappa shape index (κ1) is 15.9. The van der Waals surface area contributed by atoms with Crippen molar-refractivity contribution in [3.8, 4) is 0 Å². The van der Waals surface area contributed by atoms with Gasteiger partial charge in [-0.2, -0.15) is 0 Å². The molecule has 0 radical (unpaired) electrons. The third-order valence-corrected chi connectivity index (χ3v) is 4.50. The molecule has 118 valence electrons. The van der Waals surface area contributed by atoms with E-state index in [9.17, 15) is 4.79 Å². The average Bonchev–Trinajstić information content (AvgIpc) is 2.80. The molecule has 0 aliphatic heterocycles. The number of benzene rings is 2. The van der Waals surface area contributed by atoms with Crippen LogP contribution in [0.4, 0.5) is 5.69 Å². The SMILES string of the molecule is Cc1cc2oc(C(=O)Nc3cc(Cl)ccc3Cl)c(C)c2cc1C. The van der Waals surface area contributed by atoms with Crippen LogP contribution in [0.25, 0.3) is 11.0 Å². The van der Waals surface area contributed by atoms with Gasteiger partial charge in [-0.1, -0.05) is 23.2 Å². The van der Waals surface area contributed by atoms with Crippen LogP contribution in [-0.4, -0.2) is 5.91 Å². The number of furan rings is 1. The smallest absolute Gasteiger partial charge is 0.291 e. The molecule has 5 heteroatoms.